The van der Waals surface area contributed by atoms with Crippen molar-refractivity contribution in [3.05, 3.63) is 65.5 Å². The number of hydrogen-bond acceptors (Lipinski definition) is 3. The molecule has 1 heterocycles. The maximum atomic E-state index is 13.6. The van der Waals surface area contributed by atoms with Gasteiger partial charge < -0.3 is 14.8 Å². The fraction of sp³-hybridized carbons (Fsp3) is 0.118. The predicted molar refractivity (Wildman–Crippen MR) is 80.8 cm³/mol. The summed E-state index contributed by atoms with van der Waals surface area (Å²) in [6.45, 7) is 0.416. The van der Waals surface area contributed by atoms with Gasteiger partial charge >= 0.3 is 0 Å². The van der Waals surface area contributed by atoms with Crippen LogP contribution in [0, 0.1) is 5.82 Å². The first-order valence-electron chi connectivity index (χ1n) is 6.79. The molecule has 0 fully saturated rings. The monoisotopic (exact) mass is 299 g/mol. The third-order valence-electron chi connectivity index (χ3n) is 3.16. The summed E-state index contributed by atoms with van der Waals surface area (Å²) in [4.78, 5) is 11.9. The zero-order valence-electron chi connectivity index (χ0n) is 11.7. The zero-order valence-corrected chi connectivity index (χ0v) is 11.7. The molecule has 0 saturated heterocycles. The minimum atomic E-state index is -0.393. The molecule has 0 aromatic heterocycles. The Morgan fingerprint density at radius 3 is 2.86 bits per heavy atom. The van der Waals surface area contributed by atoms with Crippen LogP contribution in [0.4, 0.5) is 10.1 Å². The van der Waals surface area contributed by atoms with E-state index in [0.717, 1.165) is 0 Å². The van der Waals surface area contributed by atoms with E-state index in [0.29, 0.717) is 29.2 Å². The molecule has 22 heavy (non-hydrogen) atoms. The van der Waals surface area contributed by atoms with E-state index in [1.165, 1.54) is 24.3 Å². The summed E-state index contributed by atoms with van der Waals surface area (Å²) in [5, 5.41) is 2.72. The average Bonchev–Trinajstić information content (AvgIpc) is 2.53. The molecule has 5 heteroatoms. The van der Waals surface area contributed by atoms with Gasteiger partial charge in [-0.1, -0.05) is 18.2 Å². The maximum Gasteiger partial charge on any atom is 0.248 e. The predicted octanol–water partition coefficient (Wildman–Crippen LogP) is 3.34. The first-order valence-corrected chi connectivity index (χ1v) is 6.79. The smallest absolute Gasteiger partial charge is 0.248 e. The second-order valence-corrected chi connectivity index (χ2v) is 4.78. The van der Waals surface area contributed by atoms with Gasteiger partial charge in [-0.3, -0.25) is 4.79 Å². The summed E-state index contributed by atoms with van der Waals surface area (Å²) in [5.74, 6) is -0.136. The van der Waals surface area contributed by atoms with Crippen LogP contribution in [0.2, 0.25) is 0 Å². The van der Waals surface area contributed by atoms with Crippen molar-refractivity contribution < 1.29 is 18.7 Å². The van der Waals surface area contributed by atoms with Crippen LogP contribution in [0.3, 0.4) is 0 Å². The Kier molecular flexibility index (Phi) is 4.16. The van der Waals surface area contributed by atoms with Gasteiger partial charge in [0.05, 0.1) is 6.61 Å². The van der Waals surface area contributed by atoms with Gasteiger partial charge in [-0.15, -0.1) is 0 Å². The Morgan fingerprint density at radius 1 is 1.23 bits per heavy atom. The Labute approximate surface area is 127 Å². The lowest BCUT2D eigenvalue weighted by molar-refractivity contribution is -0.111. The van der Waals surface area contributed by atoms with Gasteiger partial charge in [0.25, 0.3) is 0 Å². The molecule has 1 amide bonds. The van der Waals surface area contributed by atoms with Gasteiger partial charge in [0, 0.05) is 22.9 Å². The van der Waals surface area contributed by atoms with Gasteiger partial charge in [0.1, 0.15) is 11.6 Å². The number of benzene rings is 2. The lowest BCUT2D eigenvalue weighted by Gasteiger charge is -2.19. The highest BCUT2D eigenvalue weighted by atomic mass is 19.1. The molecule has 2 aromatic rings. The minimum Gasteiger partial charge on any atom is -0.467 e. The highest BCUT2D eigenvalue weighted by Gasteiger charge is 2.15. The van der Waals surface area contributed by atoms with Crippen molar-refractivity contribution in [1.29, 1.82) is 0 Å². The second kappa shape index (κ2) is 6.41. The fourth-order valence-electron chi connectivity index (χ4n) is 2.20. The maximum absolute atomic E-state index is 13.6. The van der Waals surface area contributed by atoms with Gasteiger partial charge in [0.2, 0.25) is 5.91 Å². The quantitative estimate of drug-likeness (QED) is 0.884. The van der Waals surface area contributed by atoms with Crippen molar-refractivity contribution in [2.24, 2.45) is 0 Å². The number of nitrogens with one attached hydrogen (secondary N) is 1. The molecule has 4 nitrogen and oxygen atoms in total. The number of carbonyl (C=O) groups excluding carboxylic acids is 1. The molecule has 0 saturated carbocycles. The summed E-state index contributed by atoms with van der Waals surface area (Å²) in [6, 6.07) is 11.8. The number of anilines is 1. The number of hydrogen-bond donors (Lipinski definition) is 1. The van der Waals surface area contributed by atoms with Crippen molar-refractivity contribution in [3.63, 3.8) is 0 Å². The van der Waals surface area contributed by atoms with Crippen LogP contribution in [-0.4, -0.2) is 12.7 Å². The van der Waals surface area contributed by atoms with Gasteiger partial charge in [-0.2, -0.15) is 0 Å². The average molecular weight is 299 g/mol. The van der Waals surface area contributed by atoms with E-state index in [9.17, 15) is 9.18 Å². The van der Waals surface area contributed by atoms with E-state index in [-0.39, 0.29) is 12.7 Å². The Hall–Kier alpha value is -2.66. The highest BCUT2D eigenvalue weighted by molar-refractivity contribution is 6.02. The Balaban J connectivity index is 1.78. The molecule has 0 unspecified atom stereocenters. The minimum absolute atomic E-state index is 0.121. The van der Waals surface area contributed by atoms with Crippen molar-refractivity contribution >= 4 is 17.7 Å². The van der Waals surface area contributed by atoms with Crippen LogP contribution in [0.1, 0.15) is 11.1 Å². The van der Waals surface area contributed by atoms with E-state index in [1.54, 1.807) is 12.1 Å². The van der Waals surface area contributed by atoms with Crippen LogP contribution in [0.15, 0.2) is 48.5 Å². The lowest BCUT2D eigenvalue weighted by Crippen LogP contribution is -2.13. The number of amides is 1. The lowest BCUT2D eigenvalue weighted by atomic mass is 10.1. The summed E-state index contributed by atoms with van der Waals surface area (Å²) < 4.78 is 24.1. The van der Waals surface area contributed by atoms with Crippen LogP contribution >= 0.6 is 0 Å². The zero-order chi connectivity index (χ0) is 15.4. The second-order valence-electron chi connectivity index (χ2n) is 4.78. The van der Waals surface area contributed by atoms with Crippen LogP contribution in [0.25, 0.3) is 6.08 Å². The summed E-state index contributed by atoms with van der Waals surface area (Å²) in [6.07, 6.45) is 2.88. The molecule has 0 aliphatic carbocycles. The van der Waals surface area contributed by atoms with Crippen molar-refractivity contribution in [3.8, 4) is 5.75 Å². The molecule has 1 aliphatic rings. The molecule has 3 rings (SSSR count). The molecule has 2 aromatic carbocycles. The first-order chi connectivity index (χ1) is 10.7. The molecule has 0 atom stereocenters. The summed E-state index contributed by atoms with van der Waals surface area (Å²) in [7, 11) is 0. The number of ether oxygens (including phenoxy) is 2. The molecular weight excluding hydrogens is 285 g/mol. The van der Waals surface area contributed by atoms with Crippen LogP contribution in [-0.2, 0) is 16.1 Å². The molecule has 112 valence electrons. The normalized spacial score (nSPS) is 13.5. The van der Waals surface area contributed by atoms with E-state index >= 15 is 0 Å². The standard InChI is InChI=1S/C17H14FNO3/c18-14-8-12(17-13(9-14)10-21-11-22-17)6-7-16(20)19-15-4-2-1-3-5-15/h1-9H,10-11H2,(H,19,20)/b7-6+. The third kappa shape index (κ3) is 3.32. The van der Waals surface area contributed by atoms with E-state index < -0.39 is 5.82 Å². The van der Waals surface area contributed by atoms with Crippen LogP contribution in [0.5, 0.6) is 5.75 Å². The highest BCUT2D eigenvalue weighted by Crippen LogP contribution is 2.30. The summed E-state index contributed by atoms with van der Waals surface area (Å²) >= 11 is 0. The Bertz CT molecular complexity index is 713. The van der Waals surface area contributed by atoms with Crippen molar-refractivity contribution in [1.82, 2.24) is 0 Å². The number of carbonyl (C=O) groups is 1. The molecular formula is C17H14FNO3. The van der Waals surface area contributed by atoms with Crippen molar-refractivity contribution in [2.45, 2.75) is 6.61 Å². The topological polar surface area (TPSA) is 47.6 Å². The summed E-state index contributed by atoms with van der Waals surface area (Å²) in [5.41, 5.74) is 1.85. The fourth-order valence-corrected chi connectivity index (χ4v) is 2.20. The molecule has 0 radical (unpaired) electrons. The number of halogens is 1. The van der Waals surface area contributed by atoms with E-state index in [1.807, 2.05) is 18.2 Å². The molecule has 1 N–H and O–H groups in total. The SMILES string of the molecule is O=C(/C=C/c1cc(F)cc2c1OCOC2)Nc1ccccc1. The van der Waals surface area contributed by atoms with E-state index in [4.69, 9.17) is 9.47 Å². The molecule has 1 aliphatic heterocycles. The van der Waals surface area contributed by atoms with E-state index in [2.05, 4.69) is 5.32 Å². The molecule has 0 bridgehead atoms. The van der Waals surface area contributed by atoms with Gasteiger partial charge in [-0.05, 0) is 30.3 Å². The number of rotatable bonds is 3. The first kappa shape index (κ1) is 14.3. The Morgan fingerprint density at radius 2 is 2.05 bits per heavy atom. The van der Waals surface area contributed by atoms with Crippen LogP contribution < -0.4 is 10.1 Å². The number of para-hydroxylation sites is 1. The van der Waals surface area contributed by atoms with Crippen molar-refractivity contribution in [2.75, 3.05) is 12.1 Å². The number of fused-ring (bicyclic) bond motifs is 1. The van der Waals surface area contributed by atoms with Gasteiger partial charge in [0.15, 0.2) is 6.79 Å². The molecule has 0 spiro atoms. The largest absolute Gasteiger partial charge is 0.467 e. The third-order valence-corrected chi connectivity index (χ3v) is 3.16. The van der Waals surface area contributed by atoms with Gasteiger partial charge in [-0.25, -0.2) is 4.39 Å².